The Morgan fingerprint density at radius 2 is 1.93 bits per heavy atom. The van der Waals surface area contributed by atoms with Gasteiger partial charge in [0.05, 0.1) is 22.7 Å². The number of benzene rings is 2. The van der Waals surface area contributed by atoms with Crippen molar-refractivity contribution >= 4 is 29.3 Å². The molecule has 0 aliphatic carbocycles. The number of nitriles is 1. The van der Waals surface area contributed by atoms with Crippen LogP contribution in [-0.4, -0.2) is 10.4 Å². The Morgan fingerprint density at radius 3 is 2.60 bits per heavy atom. The van der Waals surface area contributed by atoms with Gasteiger partial charge in [0.15, 0.2) is 5.78 Å². The number of hydrogen-bond donors (Lipinski definition) is 0. The first-order chi connectivity index (χ1) is 14.2. The van der Waals surface area contributed by atoms with Gasteiger partial charge in [0, 0.05) is 11.5 Å². The first-order valence-corrected chi connectivity index (χ1v) is 10.2. The Bertz CT molecular complexity index is 1320. The molecule has 1 heterocycles. The molecule has 6 heteroatoms. The average molecular weight is 421 g/mol. The highest BCUT2D eigenvalue weighted by Gasteiger charge is 2.19. The van der Waals surface area contributed by atoms with Crippen LogP contribution in [0.1, 0.15) is 37.5 Å². The lowest BCUT2D eigenvalue weighted by Gasteiger charge is -2.13. The highest BCUT2D eigenvalue weighted by molar-refractivity contribution is 7.07. The van der Waals surface area contributed by atoms with Crippen molar-refractivity contribution < 1.29 is 9.18 Å². The second-order valence-electron chi connectivity index (χ2n) is 7.92. The van der Waals surface area contributed by atoms with E-state index in [-0.39, 0.29) is 17.9 Å². The van der Waals surface area contributed by atoms with E-state index in [0.717, 1.165) is 0 Å². The molecule has 0 radical (unpaired) electrons. The van der Waals surface area contributed by atoms with Gasteiger partial charge in [0.25, 0.3) is 5.56 Å². The van der Waals surface area contributed by atoms with E-state index in [4.69, 9.17) is 0 Å². The van der Waals surface area contributed by atoms with E-state index in [1.165, 1.54) is 34.1 Å². The standard InChI is InChI=1S/C24H21FN2O2S/c1-24(2,3)21(28)13-22-27(15-18-9-5-4-8-17(18)14-26)23(29)20(30-22)12-16-7-6-10-19(25)11-16/h4-13H,15H2,1-3H3/b20-12-,22-13-. The lowest BCUT2D eigenvalue weighted by atomic mass is 9.91. The molecule has 3 aromatic rings. The number of ketones is 1. The molecule has 0 N–H and O–H groups in total. The molecular formula is C24H21FN2O2S. The van der Waals surface area contributed by atoms with Gasteiger partial charge in [-0.05, 0) is 35.4 Å². The van der Waals surface area contributed by atoms with Gasteiger partial charge in [-0.2, -0.15) is 5.26 Å². The molecule has 152 valence electrons. The maximum atomic E-state index is 13.5. The maximum Gasteiger partial charge on any atom is 0.269 e. The largest absolute Gasteiger partial charge is 0.294 e. The Hall–Kier alpha value is -3.30. The Balaban J connectivity index is 2.23. The van der Waals surface area contributed by atoms with Gasteiger partial charge in [-0.1, -0.05) is 51.1 Å². The number of rotatable bonds is 4. The summed E-state index contributed by atoms with van der Waals surface area (Å²) in [5.74, 6) is -0.498. The molecule has 0 aliphatic rings. The zero-order valence-corrected chi connectivity index (χ0v) is 17.8. The second kappa shape index (κ2) is 8.60. The van der Waals surface area contributed by atoms with Crippen LogP contribution in [0.5, 0.6) is 0 Å². The number of hydrogen-bond acceptors (Lipinski definition) is 4. The van der Waals surface area contributed by atoms with Crippen LogP contribution in [0.2, 0.25) is 0 Å². The van der Waals surface area contributed by atoms with Gasteiger partial charge in [-0.15, -0.1) is 11.3 Å². The average Bonchev–Trinajstić information content (AvgIpc) is 2.96. The quantitative estimate of drug-likeness (QED) is 0.651. The van der Waals surface area contributed by atoms with Crippen molar-refractivity contribution in [2.75, 3.05) is 0 Å². The van der Waals surface area contributed by atoms with Crippen LogP contribution in [0, 0.1) is 22.6 Å². The SMILES string of the molecule is CC(C)(C)C(=O)/C=c1\s/c(=C\c2cccc(F)c2)c(=O)n1Cc1ccccc1C#N. The molecule has 0 spiro atoms. The predicted molar refractivity (Wildman–Crippen MR) is 117 cm³/mol. The van der Waals surface area contributed by atoms with Crippen molar-refractivity contribution in [3.8, 4) is 6.07 Å². The van der Waals surface area contributed by atoms with Crippen LogP contribution < -0.4 is 14.8 Å². The topological polar surface area (TPSA) is 62.9 Å². The lowest BCUT2D eigenvalue weighted by molar-refractivity contribution is -0.120. The number of nitrogens with zero attached hydrogens (tertiary/aromatic N) is 2. The molecule has 0 atom stereocenters. The summed E-state index contributed by atoms with van der Waals surface area (Å²) in [7, 11) is 0. The fourth-order valence-corrected chi connectivity index (χ4v) is 3.85. The van der Waals surface area contributed by atoms with Crippen molar-refractivity contribution in [2.24, 2.45) is 5.41 Å². The summed E-state index contributed by atoms with van der Waals surface area (Å²) in [6, 6.07) is 15.1. The van der Waals surface area contributed by atoms with Crippen molar-refractivity contribution in [1.82, 2.24) is 4.57 Å². The minimum atomic E-state index is -0.595. The Labute approximate surface area is 177 Å². The number of carbonyl (C=O) groups is 1. The smallest absolute Gasteiger partial charge is 0.269 e. The Kier molecular flexibility index (Phi) is 6.14. The number of carbonyl (C=O) groups excluding carboxylic acids is 1. The van der Waals surface area contributed by atoms with Crippen molar-refractivity contribution in [3.63, 3.8) is 0 Å². The Morgan fingerprint density at radius 1 is 1.20 bits per heavy atom. The van der Waals surface area contributed by atoms with Crippen LogP contribution in [0.3, 0.4) is 0 Å². The van der Waals surface area contributed by atoms with E-state index in [1.54, 1.807) is 42.5 Å². The molecule has 0 bridgehead atoms. The van der Waals surface area contributed by atoms with E-state index >= 15 is 0 Å². The zero-order valence-electron chi connectivity index (χ0n) is 17.0. The number of thiazole rings is 1. The maximum absolute atomic E-state index is 13.5. The van der Waals surface area contributed by atoms with E-state index in [1.807, 2.05) is 20.8 Å². The summed E-state index contributed by atoms with van der Waals surface area (Å²) in [5, 5.41) is 9.37. The third-order valence-electron chi connectivity index (χ3n) is 4.54. The highest BCUT2D eigenvalue weighted by Crippen LogP contribution is 2.15. The van der Waals surface area contributed by atoms with Crippen LogP contribution in [0.25, 0.3) is 12.2 Å². The van der Waals surface area contributed by atoms with Crippen LogP contribution in [0.4, 0.5) is 4.39 Å². The molecule has 3 rings (SSSR count). The second-order valence-corrected chi connectivity index (χ2v) is 8.98. The van der Waals surface area contributed by atoms with E-state index in [0.29, 0.717) is 25.9 Å². The summed E-state index contributed by atoms with van der Waals surface area (Å²) in [6.07, 6.45) is 3.09. The summed E-state index contributed by atoms with van der Waals surface area (Å²) < 4.78 is 15.9. The molecule has 0 saturated carbocycles. The van der Waals surface area contributed by atoms with Gasteiger partial charge in [0.1, 0.15) is 10.5 Å². The molecule has 0 aliphatic heterocycles. The molecule has 4 nitrogen and oxygen atoms in total. The van der Waals surface area contributed by atoms with Crippen LogP contribution in [-0.2, 0) is 11.3 Å². The number of Topliss-reactive ketones (excluding diaryl/α,β-unsaturated/α-hetero) is 1. The van der Waals surface area contributed by atoms with E-state index in [2.05, 4.69) is 6.07 Å². The van der Waals surface area contributed by atoms with Crippen molar-refractivity contribution in [1.29, 1.82) is 5.26 Å². The molecule has 30 heavy (non-hydrogen) atoms. The molecule has 1 aromatic heterocycles. The minimum absolute atomic E-state index is 0.108. The van der Waals surface area contributed by atoms with E-state index < -0.39 is 11.2 Å². The minimum Gasteiger partial charge on any atom is -0.294 e. The van der Waals surface area contributed by atoms with Crippen molar-refractivity contribution in [2.45, 2.75) is 27.3 Å². The first-order valence-electron chi connectivity index (χ1n) is 9.40. The normalized spacial score (nSPS) is 12.8. The highest BCUT2D eigenvalue weighted by atomic mass is 32.1. The molecule has 0 saturated heterocycles. The summed E-state index contributed by atoms with van der Waals surface area (Å²) in [6.45, 7) is 5.60. The molecule has 2 aromatic carbocycles. The van der Waals surface area contributed by atoms with Crippen LogP contribution in [0.15, 0.2) is 53.3 Å². The van der Waals surface area contributed by atoms with Crippen LogP contribution >= 0.6 is 11.3 Å². The van der Waals surface area contributed by atoms with Gasteiger partial charge in [0.2, 0.25) is 0 Å². The van der Waals surface area contributed by atoms with Crippen molar-refractivity contribution in [3.05, 3.63) is 90.6 Å². The molecular weight excluding hydrogens is 399 g/mol. The lowest BCUT2D eigenvalue weighted by Crippen LogP contribution is -2.33. The fourth-order valence-electron chi connectivity index (χ4n) is 2.81. The third-order valence-corrected chi connectivity index (χ3v) is 5.60. The molecule has 0 amide bonds. The third kappa shape index (κ3) is 4.81. The number of halogens is 1. The van der Waals surface area contributed by atoms with Gasteiger partial charge < -0.3 is 0 Å². The summed E-state index contributed by atoms with van der Waals surface area (Å²) >= 11 is 1.18. The number of aromatic nitrogens is 1. The summed E-state index contributed by atoms with van der Waals surface area (Å²) in [4.78, 5) is 25.8. The monoisotopic (exact) mass is 420 g/mol. The zero-order chi connectivity index (χ0) is 21.9. The fraction of sp³-hybridized carbons (Fsp3) is 0.208. The molecule has 0 unspecified atom stereocenters. The first kappa shape index (κ1) is 21.4. The van der Waals surface area contributed by atoms with Gasteiger partial charge in [-0.25, -0.2) is 4.39 Å². The van der Waals surface area contributed by atoms with E-state index in [9.17, 15) is 19.2 Å². The predicted octanol–water partition coefficient (Wildman–Crippen LogP) is 3.19. The molecule has 0 fully saturated rings. The van der Waals surface area contributed by atoms with Gasteiger partial charge >= 0.3 is 0 Å². The van der Waals surface area contributed by atoms with Gasteiger partial charge in [-0.3, -0.25) is 14.2 Å². The summed E-state index contributed by atoms with van der Waals surface area (Å²) in [5.41, 5.74) is 0.841.